The molecule has 202 valence electrons. The van der Waals surface area contributed by atoms with Crippen LogP contribution in [0.4, 0.5) is 8.78 Å². The van der Waals surface area contributed by atoms with Crippen molar-refractivity contribution in [2.24, 2.45) is 0 Å². The Bertz CT molecular complexity index is 1370. The summed E-state index contributed by atoms with van der Waals surface area (Å²) in [5.41, 5.74) is -0.405. The minimum Gasteiger partial charge on any atom is -0.502 e. The second-order valence-electron chi connectivity index (χ2n) is 9.35. The second kappa shape index (κ2) is 11.9. The molecular weight excluding hydrogens is 516 g/mol. The van der Waals surface area contributed by atoms with Crippen LogP contribution in [0.5, 0.6) is 5.75 Å². The van der Waals surface area contributed by atoms with Gasteiger partial charge in [-0.05, 0) is 60.7 Å². The lowest BCUT2D eigenvalue weighted by Crippen LogP contribution is -2.54. The lowest BCUT2D eigenvalue weighted by atomic mass is 10.0. The monoisotopic (exact) mass is 545 g/mol. The van der Waals surface area contributed by atoms with E-state index in [0.717, 1.165) is 17.7 Å². The average Bonchev–Trinajstić information content (AvgIpc) is 3.38. The van der Waals surface area contributed by atoms with Crippen molar-refractivity contribution in [3.8, 4) is 5.75 Å². The molecule has 1 aliphatic rings. The molecule has 1 N–H and O–H groups in total. The van der Waals surface area contributed by atoms with Crippen molar-refractivity contribution in [1.29, 1.82) is 0 Å². The fourth-order valence-electron chi connectivity index (χ4n) is 4.26. The fraction of sp³-hybridized carbons (Fsp3) is 0.370. The minimum atomic E-state index is -0.963. The lowest BCUT2D eigenvalue weighted by molar-refractivity contribution is 0.0566. The Morgan fingerprint density at radius 3 is 2.68 bits per heavy atom. The summed E-state index contributed by atoms with van der Waals surface area (Å²) in [5.74, 6) is -3.48. The number of aromatic nitrogens is 1. The number of fused-ring (bicyclic) bond motifs is 1. The maximum Gasteiger partial charge on any atom is 0.277 e. The molecule has 0 saturated heterocycles. The highest BCUT2D eigenvalue weighted by molar-refractivity contribution is 7.07. The number of rotatable bonds is 11. The Morgan fingerprint density at radius 2 is 2.00 bits per heavy atom. The van der Waals surface area contributed by atoms with Gasteiger partial charge in [0.05, 0.1) is 18.2 Å². The largest absolute Gasteiger partial charge is 0.502 e. The van der Waals surface area contributed by atoms with Crippen LogP contribution in [0.25, 0.3) is 0 Å². The van der Waals surface area contributed by atoms with Crippen molar-refractivity contribution in [2.45, 2.75) is 45.8 Å². The second-order valence-corrected chi connectivity index (χ2v) is 10.1. The van der Waals surface area contributed by atoms with Crippen LogP contribution in [0.15, 0.2) is 46.0 Å². The van der Waals surface area contributed by atoms with Gasteiger partial charge < -0.3 is 14.7 Å². The van der Waals surface area contributed by atoms with Gasteiger partial charge in [0.1, 0.15) is 18.3 Å². The number of amides is 1. The summed E-state index contributed by atoms with van der Waals surface area (Å²) < 4.78 is 34.2. The van der Waals surface area contributed by atoms with Crippen molar-refractivity contribution in [1.82, 2.24) is 9.58 Å². The average molecular weight is 546 g/mol. The molecule has 11 heteroatoms. The molecule has 0 unspecified atom stereocenters. The molecule has 38 heavy (non-hydrogen) atoms. The van der Waals surface area contributed by atoms with Crippen LogP contribution in [0.2, 0.25) is 0 Å². The van der Waals surface area contributed by atoms with E-state index in [1.54, 1.807) is 5.01 Å². The number of nitrogens with zero attached hydrogens (tertiary/aromatic N) is 3. The van der Waals surface area contributed by atoms with E-state index >= 15 is 0 Å². The lowest BCUT2D eigenvalue weighted by Gasteiger charge is -2.39. The quantitative estimate of drug-likeness (QED) is 0.289. The highest BCUT2D eigenvalue weighted by Gasteiger charge is 2.34. The van der Waals surface area contributed by atoms with Crippen molar-refractivity contribution >= 4 is 23.0 Å². The van der Waals surface area contributed by atoms with Crippen molar-refractivity contribution in [3.63, 3.8) is 0 Å². The van der Waals surface area contributed by atoms with E-state index in [2.05, 4.69) is 0 Å². The van der Waals surface area contributed by atoms with Crippen molar-refractivity contribution in [3.05, 3.63) is 85.5 Å². The number of benzene rings is 1. The topological polar surface area (TPSA) is 92.1 Å². The molecule has 0 atom stereocenters. The number of ketones is 1. The zero-order chi connectivity index (χ0) is 27.4. The first-order valence-electron chi connectivity index (χ1n) is 12.3. The molecule has 1 amide bonds. The number of aromatic hydroxyl groups is 1. The van der Waals surface area contributed by atoms with E-state index in [1.165, 1.54) is 33.2 Å². The summed E-state index contributed by atoms with van der Waals surface area (Å²) in [5, 5.41) is 16.4. The summed E-state index contributed by atoms with van der Waals surface area (Å²) in [4.78, 5) is 40.8. The number of Topliss-reactive ketones (excluding diaryl/α,β-unsaturated/α-hetero) is 1. The number of ether oxygens (including phenoxy) is 1. The molecular formula is C27H29F2N3O5S. The van der Waals surface area contributed by atoms with Gasteiger partial charge in [-0.3, -0.25) is 24.1 Å². The van der Waals surface area contributed by atoms with Crippen molar-refractivity contribution in [2.75, 3.05) is 24.8 Å². The smallest absolute Gasteiger partial charge is 0.277 e. The van der Waals surface area contributed by atoms with Gasteiger partial charge in [-0.2, -0.15) is 11.3 Å². The molecule has 0 fully saturated rings. The molecule has 8 nitrogen and oxygen atoms in total. The molecule has 0 aliphatic carbocycles. The normalized spacial score (nSPS) is 13.3. The van der Waals surface area contributed by atoms with Gasteiger partial charge in [0, 0.05) is 31.8 Å². The van der Waals surface area contributed by atoms with E-state index in [1.807, 2.05) is 30.7 Å². The third kappa shape index (κ3) is 6.11. The molecule has 0 spiro atoms. The van der Waals surface area contributed by atoms with Crippen LogP contribution < -0.4 is 10.4 Å². The molecule has 3 heterocycles. The van der Waals surface area contributed by atoms with E-state index in [-0.39, 0.29) is 42.4 Å². The number of carbonyl (C=O) groups excluding carboxylic acids is 2. The SMILES string of the molecule is CC(C)OCCCN1CN(Cc2ccsc2)n2cc(C(=O)CCc3ccc(F)cc3F)c(=O)c(O)c2C1=O. The number of hydrogen-bond donors (Lipinski definition) is 1. The third-order valence-corrected chi connectivity index (χ3v) is 6.93. The van der Waals surface area contributed by atoms with E-state index < -0.39 is 34.5 Å². The Hall–Kier alpha value is -3.57. The van der Waals surface area contributed by atoms with Crippen molar-refractivity contribution < 1.29 is 28.2 Å². The van der Waals surface area contributed by atoms with E-state index in [4.69, 9.17) is 4.74 Å². The van der Waals surface area contributed by atoms with Gasteiger partial charge in [-0.1, -0.05) is 6.07 Å². The Labute approximate surface area is 222 Å². The third-order valence-electron chi connectivity index (χ3n) is 6.20. The summed E-state index contributed by atoms with van der Waals surface area (Å²) in [7, 11) is 0. The van der Waals surface area contributed by atoms with E-state index in [0.29, 0.717) is 26.1 Å². The van der Waals surface area contributed by atoms with Crippen LogP contribution in [-0.2, 0) is 17.7 Å². The zero-order valence-corrected chi connectivity index (χ0v) is 22.0. The molecule has 4 rings (SSSR count). The van der Waals surface area contributed by atoms with E-state index in [9.17, 15) is 28.3 Å². The van der Waals surface area contributed by atoms with Gasteiger partial charge in [0.25, 0.3) is 5.91 Å². The number of carbonyl (C=O) groups is 2. The molecule has 0 bridgehead atoms. The summed E-state index contributed by atoms with van der Waals surface area (Å²) in [6.45, 7) is 5.17. The maximum absolute atomic E-state index is 14.0. The first kappa shape index (κ1) is 27.5. The number of pyridine rings is 1. The number of thiophene rings is 1. The van der Waals surface area contributed by atoms with Gasteiger partial charge in [-0.15, -0.1) is 0 Å². The predicted molar refractivity (Wildman–Crippen MR) is 139 cm³/mol. The van der Waals surface area contributed by atoms with Crippen LogP contribution in [-0.4, -0.2) is 52.3 Å². The Morgan fingerprint density at radius 1 is 1.21 bits per heavy atom. The molecule has 0 radical (unpaired) electrons. The first-order chi connectivity index (χ1) is 18.2. The molecule has 0 saturated carbocycles. The Balaban J connectivity index is 1.62. The highest BCUT2D eigenvalue weighted by Crippen LogP contribution is 2.24. The number of halogens is 2. The van der Waals surface area contributed by atoms with Crippen LogP contribution in [0, 0.1) is 11.6 Å². The first-order valence-corrected chi connectivity index (χ1v) is 13.2. The van der Waals surface area contributed by atoms with Gasteiger partial charge in [-0.25, -0.2) is 8.78 Å². The van der Waals surface area contributed by atoms with Gasteiger partial charge in [0.15, 0.2) is 17.2 Å². The number of hydrogen-bond acceptors (Lipinski definition) is 7. The standard InChI is InChI=1S/C27H29F2N3O5S/c1-17(2)37-10-3-9-30-16-31(13-18-8-11-38-15-18)32-14-21(25(34)26(35)24(32)27(30)36)23(33)7-5-19-4-6-20(28)12-22(19)29/h4,6,8,11-12,14-15,17,35H,3,5,7,9-10,13,16H2,1-2H3. The van der Waals surface area contributed by atoms with Crippen LogP contribution in [0.3, 0.4) is 0 Å². The molecule has 1 aromatic carbocycles. The molecule has 3 aromatic rings. The summed E-state index contributed by atoms with van der Waals surface area (Å²) in [6.07, 6.45) is 1.59. The molecule has 2 aromatic heterocycles. The predicted octanol–water partition coefficient (Wildman–Crippen LogP) is 4.08. The summed E-state index contributed by atoms with van der Waals surface area (Å²) in [6, 6.07) is 5.00. The molecule has 1 aliphatic heterocycles. The van der Waals surface area contributed by atoms with Gasteiger partial charge >= 0.3 is 0 Å². The maximum atomic E-state index is 14.0. The number of aryl methyl sites for hydroxylation is 1. The fourth-order valence-corrected chi connectivity index (χ4v) is 4.92. The van der Waals surface area contributed by atoms with Crippen LogP contribution >= 0.6 is 11.3 Å². The zero-order valence-electron chi connectivity index (χ0n) is 21.2. The van der Waals surface area contributed by atoms with Gasteiger partial charge in [0.2, 0.25) is 5.43 Å². The highest BCUT2D eigenvalue weighted by atomic mass is 32.1. The Kier molecular flexibility index (Phi) is 8.58. The summed E-state index contributed by atoms with van der Waals surface area (Å²) >= 11 is 1.51. The van der Waals surface area contributed by atoms with Crippen LogP contribution in [0.1, 0.15) is 58.7 Å². The minimum absolute atomic E-state index is 0.0565.